The zero-order valence-electron chi connectivity index (χ0n) is 24.8. The van der Waals surface area contributed by atoms with Gasteiger partial charge in [0, 0.05) is 22.5 Å². The molecule has 2 aliphatic carbocycles. The summed E-state index contributed by atoms with van der Waals surface area (Å²) in [5, 5.41) is 18.3. The molecule has 42 heavy (non-hydrogen) atoms. The molecule has 2 atom stereocenters. The molecule has 2 aromatic carbocycles. The number of carbonyl (C=O) groups is 2. The number of ether oxygens (including phenoxy) is 1. The van der Waals surface area contributed by atoms with Crippen LogP contribution in [0.25, 0.3) is 0 Å². The molecule has 220 valence electrons. The maximum atomic E-state index is 12.2. The molecule has 0 aliphatic heterocycles. The van der Waals surface area contributed by atoms with E-state index in [4.69, 9.17) is 4.74 Å². The second-order valence-corrected chi connectivity index (χ2v) is 11.0. The van der Waals surface area contributed by atoms with Crippen LogP contribution in [0.15, 0.2) is 60.7 Å². The Morgan fingerprint density at radius 3 is 1.62 bits per heavy atom. The summed E-state index contributed by atoms with van der Waals surface area (Å²) in [5.41, 5.74) is 7.44. The third kappa shape index (κ3) is 6.03. The van der Waals surface area contributed by atoms with Gasteiger partial charge >= 0.3 is 11.9 Å². The van der Waals surface area contributed by atoms with Crippen molar-refractivity contribution in [2.45, 2.75) is 84.2 Å². The van der Waals surface area contributed by atoms with Gasteiger partial charge < -0.3 is 9.84 Å². The van der Waals surface area contributed by atoms with Crippen molar-refractivity contribution in [3.8, 4) is 0 Å². The van der Waals surface area contributed by atoms with E-state index in [1.54, 1.807) is 0 Å². The number of nitrogens with zero attached hydrogens (tertiary/aromatic N) is 4. The highest BCUT2D eigenvalue weighted by atomic mass is 16.5. The highest BCUT2D eigenvalue weighted by Crippen LogP contribution is 2.30. The van der Waals surface area contributed by atoms with Crippen LogP contribution in [0.2, 0.25) is 0 Å². The first-order valence-corrected chi connectivity index (χ1v) is 15.1. The largest absolute Gasteiger partial charge is 0.476 e. The van der Waals surface area contributed by atoms with Gasteiger partial charge in [0.2, 0.25) is 0 Å². The van der Waals surface area contributed by atoms with Crippen LogP contribution in [0.3, 0.4) is 0 Å². The van der Waals surface area contributed by atoms with Gasteiger partial charge in [-0.25, -0.2) is 9.59 Å². The maximum absolute atomic E-state index is 12.2. The first-order chi connectivity index (χ1) is 20.4. The fourth-order valence-electron chi connectivity index (χ4n) is 6.17. The van der Waals surface area contributed by atoms with E-state index in [0.29, 0.717) is 12.3 Å². The molecule has 6 rings (SSSR count). The molecule has 4 aromatic rings. The molecule has 0 saturated heterocycles. The van der Waals surface area contributed by atoms with Crippen LogP contribution in [0, 0.1) is 0 Å². The summed E-state index contributed by atoms with van der Waals surface area (Å²) in [4.78, 5) is 23.6. The van der Waals surface area contributed by atoms with Crippen LogP contribution in [-0.2, 0) is 30.4 Å². The van der Waals surface area contributed by atoms with Gasteiger partial charge in [0.15, 0.2) is 11.4 Å². The Bertz CT molecular complexity index is 1520. The van der Waals surface area contributed by atoms with Crippen LogP contribution in [0.1, 0.15) is 113 Å². The third-order valence-electron chi connectivity index (χ3n) is 8.39. The van der Waals surface area contributed by atoms with Gasteiger partial charge in [0.05, 0.1) is 18.7 Å². The number of aromatic nitrogens is 4. The number of carboxylic acid groups (broad SMARTS) is 1. The van der Waals surface area contributed by atoms with Gasteiger partial charge in [-0.3, -0.25) is 9.36 Å². The van der Waals surface area contributed by atoms with Gasteiger partial charge in [-0.15, -0.1) is 0 Å². The van der Waals surface area contributed by atoms with Gasteiger partial charge in [0.1, 0.15) is 0 Å². The monoisotopic (exact) mass is 568 g/mol. The van der Waals surface area contributed by atoms with Crippen molar-refractivity contribution in [2.24, 2.45) is 0 Å². The number of carbonyl (C=O) groups excluding carboxylic acids is 1. The molecule has 2 unspecified atom stereocenters. The molecule has 0 amide bonds. The van der Waals surface area contributed by atoms with E-state index in [1.807, 2.05) is 52.7 Å². The van der Waals surface area contributed by atoms with Crippen LogP contribution in [-0.4, -0.2) is 43.2 Å². The molecule has 2 heterocycles. The van der Waals surface area contributed by atoms with E-state index in [-0.39, 0.29) is 23.7 Å². The molecule has 0 bridgehead atoms. The summed E-state index contributed by atoms with van der Waals surface area (Å²) in [6.45, 7) is 6.41. The van der Waals surface area contributed by atoms with E-state index in [1.165, 1.54) is 11.3 Å². The summed E-state index contributed by atoms with van der Waals surface area (Å²) >= 11 is 0. The molecule has 1 N–H and O–H groups in total. The molecule has 2 aromatic heterocycles. The van der Waals surface area contributed by atoms with Crippen molar-refractivity contribution in [1.82, 2.24) is 19.6 Å². The van der Waals surface area contributed by atoms with Gasteiger partial charge in [0.25, 0.3) is 0 Å². The lowest BCUT2D eigenvalue weighted by Crippen LogP contribution is -2.14. The Hall–Kier alpha value is -4.20. The van der Waals surface area contributed by atoms with Crippen molar-refractivity contribution < 1.29 is 19.4 Å². The highest BCUT2D eigenvalue weighted by Gasteiger charge is 2.28. The van der Waals surface area contributed by atoms with E-state index < -0.39 is 5.97 Å². The summed E-state index contributed by atoms with van der Waals surface area (Å²) in [6, 6.07) is 20.6. The minimum atomic E-state index is -0.915. The number of benzene rings is 2. The number of fused-ring (bicyclic) bond motifs is 2. The van der Waals surface area contributed by atoms with Crippen molar-refractivity contribution >= 4 is 11.9 Å². The minimum Gasteiger partial charge on any atom is -0.476 e. The lowest BCUT2D eigenvalue weighted by molar-refractivity contribution is 0.0516. The highest BCUT2D eigenvalue weighted by molar-refractivity contribution is 5.89. The van der Waals surface area contributed by atoms with Crippen molar-refractivity contribution in [3.05, 3.63) is 106 Å². The quantitative estimate of drug-likeness (QED) is 0.252. The van der Waals surface area contributed by atoms with Gasteiger partial charge in [-0.1, -0.05) is 60.7 Å². The number of carboxylic acids is 1. The zero-order valence-corrected chi connectivity index (χ0v) is 24.8. The SMILES string of the molecule is CC(c1ccccc1)n1nc(C(=O)O)c2c1CCCC2.CCOC(=O)c1nn(C(C)c2ccccc2)c2c1CCCC2. The predicted molar refractivity (Wildman–Crippen MR) is 161 cm³/mol. The fraction of sp³-hybridized carbons (Fsp3) is 0.412. The first-order valence-electron chi connectivity index (χ1n) is 15.1. The minimum absolute atomic E-state index is 0.0659. The molecule has 0 saturated carbocycles. The van der Waals surface area contributed by atoms with E-state index >= 15 is 0 Å². The van der Waals surface area contributed by atoms with Crippen LogP contribution < -0.4 is 0 Å². The Kier molecular flexibility index (Phi) is 9.20. The van der Waals surface area contributed by atoms with Crippen molar-refractivity contribution in [1.29, 1.82) is 0 Å². The standard InChI is InChI=1S/C18H22N2O2.C16H18N2O2/c1-3-22-18(21)17-15-11-7-8-12-16(15)20(19-17)13(2)14-9-5-4-6-10-14;1-11(12-7-3-2-4-8-12)18-14-10-6-5-9-13(14)15(17-18)16(19)20/h4-6,9-10,13H,3,7-8,11-12H2,1-2H3;2-4,7-8,11H,5-6,9-10H2,1H3,(H,19,20). The smallest absolute Gasteiger partial charge is 0.359 e. The number of esters is 1. The summed E-state index contributed by atoms with van der Waals surface area (Å²) in [7, 11) is 0. The number of aromatic carboxylic acids is 1. The lowest BCUT2D eigenvalue weighted by Gasteiger charge is -2.19. The molecule has 8 nitrogen and oxygen atoms in total. The van der Waals surface area contributed by atoms with Gasteiger partial charge in [-0.05, 0) is 83.3 Å². The molecular weight excluding hydrogens is 528 g/mol. The van der Waals surface area contributed by atoms with Gasteiger partial charge in [-0.2, -0.15) is 10.2 Å². The third-order valence-corrected chi connectivity index (χ3v) is 8.39. The van der Waals surface area contributed by atoms with E-state index in [0.717, 1.165) is 73.8 Å². The summed E-state index contributed by atoms with van der Waals surface area (Å²) < 4.78 is 9.11. The number of hydrogen-bond acceptors (Lipinski definition) is 5. The molecule has 8 heteroatoms. The Morgan fingerprint density at radius 2 is 1.17 bits per heavy atom. The Morgan fingerprint density at radius 1 is 0.738 bits per heavy atom. The van der Waals surface area contributed by atoms with Crippen LogP contribution in [0.4, 0.5) is 0 Å². The second kappa shape index (κ2) is 13.2. The average Bonchev–Trinajstić information content (AvgIpc) is 3.62. The summed E-state index contributed by atoms with van der Waals surface area (Å²) in [5.74, 6) is -1.21. The van der Waals surface area contributed by atoms with Crippen molar-refractivity contribution in [2.75, 3.05) is 6.61 Å². The zero-order chi connectivity index (χ0) is 29.6. The predicted octanol–water partition coefficient (Wildman–Crippen LogP) is 6.62. The molecule has 2 aliphatic rings. The fourth-order valence-corrected chi connectivity index (χ4v) is 6.17. The molecule has 0 fully saturated rings. The van der Waals surface area contributed by atoms with E-state index in [2.05, 4.69) is 48.3 Å². The second-order valence-electron chi connectivity index (χ2n) is 11.0. The van der Waals surface area contributed by atoms with E-state index in [9.17, 15) is 14.7 Å². The van der Waals surface area contributed by atoms with Crippen LogP contribution in [0.5, 0.6) is 0 Å². The number of hydrogen-bond donors (Lipinski definition) is 1. The molecule has 0 spiro atoms. The van der Waals surface area contributed by atoms with Crippen LogP contribution >= 0.6 is 0 Å². The lowest BCUT2D eigenvalue weighted by atomic mass is 9.95. The number of rotatable bonds is 7. The van der Waals surface area contributed by atoms with Crippen molar-refractivity contribution in [3.63, 3.8) is 0 Å². The summed E-state index contributed by atoms with van der Waals surface area (Å²) in [6.07, 6.45) is 8.10. The molecular formula is C34H40N4O4. The topological polar surface area (TPSA) is 99.2 Å². The Balaban J connectivity index is 0.000000169. The average molecular weight is 569 g/mol. The normalized spacial score (nSPS) is 15.4. The Labute approximate surface area is 247 Å². The maximum Gasteiger partial charge on any atom is 0.359 e. The molecule has 0 radical (unpaired) electrons. The first kappa shape index (κ1) is 29.3.